The van der Waals surface area contributed by atoms with E-state index in [0.717, 1.165) is 30.1 Å². The number of amides is 2. The summed E-state index contributed by atoms with van der Waals surface area (Å²) in [5.41, 5.74) is 6.75. The highest BCUT2D eigenvalue weighted by Gasteiger charge is 2.22. The Morgan fingerprint density at radius 1 is 1.48 bits per heavy atom. The number of carbonyl (C=O) groups excluding carboxylic acids is 2. The van der Waals surface area contributed by atoms with Gasteiger partial charge in [0.1, 0.15) is 0 Å². The molecule has 0 aliphatic carbocycles. The van der Waals surface area contributed by atoms with Crippen molar-refractivity contribution in [2.75, 3.05) is 34.2 Å². The molecule has 0 radical (unpaired) electrons. The Bertz CT molecular complexity index is 572. The number of nitrogens with one attached hydrogen (secondary N) is 1. The zero-order chi connectivity index (χ0) is 17.0. The van der Waals surface area contributed by atoms with Crippen LogP contribution in [0.1, 0.15) is 33.2 Å². The van der Waals surface area contributed by atoms with Gasteiger partial charge in [0.25, 0.3) is 5.91 Å². The van der Waals surface area contributed by atoms with Crippen LogP contribution in [0.5, 0.6) is 0 Å². The number of fused-ring (bicyclic) bond motifs is 1. The van der Waals surface area contributed by atoms with Crippen molar-refractivity contribution in [3.05, 3.63) is 15.6 Å². The molecular formula is C15H25N5O2S. The molecule has 0 saturated heterocycles. The Morgan fingerprint density at radius 2 is 2.22 bits per heavy atom. The molecule has 3 N–H and O–H groups in total. The molecule has 2 amide bonds. The maximum atomic E-state index is 12.4. The van der Waals surface area contributed by atoms with Crippen LogP contribution >= 0.6 is 11.3 Å². The van der Waals surface area contributed by atoms with E-state index >= 15 is 0 Å². The number of nitrogens with zero attached hydrogens (tertiary/aromatic N) is 3. The van der Waals surface area contributed by atoms with Crippen LogP contribution in [0.4, 0.5) is 0 Å². The number of hydrogen-bond acceptors (Lipinski definition) is 6. The van der Waals surface area contributed by atoms with Crippen molar-refractivity contribution in [3.63, 3.8) is 0 Å². The van der Waals surface area contributed by atoms with E-state index in [9.17, 15) is 9.59 Å². The number of rotatable bonds is 6. The Labute approximate surface area is 140 Å². The lowest BCUT2D eigenvalue weighted by Gasteiger charge is -2.20. The van der Waals surface area contributed by atoms with Crippen molar-refractivity contribution in [2.45, 2.75) is 31.8 Å². The SMILES string of the molecule is CN1CCc2nc(C(=O)N[C@@H](CN)CCC(=O)N(C)C)sc2C1. The number of aromatic nitrogens is 1. The minimum atomic E-state index is -0.213. The minimum absolute atomic E-state index is 0.0328. The van der Waals surface area contributed by atoms with Crippen molar-refractivity contribution >= 4 is 23.2 Å². The van der Waals surface area contributed by atoms with E-state index in [4.69, 9.17) is 5.73 Å². The summed E-state index contributed by atoms with van der Waals surface area (Å²) in [4.78, 5) is 33.4. The van der Waals surface area contributed by atoms with Gasteiger partial charge in [0.05, 0.1) is 5.69 Å². The van der Waals surface area contributed by atoms with E-state index < -0.39 is 0 Å². The highest BCUT2D eigenvalue weighted by molar-refractivity contribution is 7.13. The van der Waals surface area contributed by atoms with E-state index in [1.807, 2.05) is 0 Å². The maximum absolute atomic E-state index is 12.4. The predicted octanol–water partition coefficient (Wildman–Crippen LogP) is 0.0565. The summed E-state index contributed by atoms with van der Waals surface area (Å²) in [7, 11) is 5.50. The van der Waals surface area contributed by atoms with E-state index in [1.165, 1.54) is 11.3 Å². The molecule has 0 bridgehead atoms. The second-order valence-electron chi connectivity index (χ2n) is 6.11. The van der Waals surface area contributed by atoms with Crippen LogP contribution in [-0.4, -0.2) is 66.9 Å². The van der Waals surface area contributed by atoms with Gasteiger partial charge in [-0.1, -0.05) is 0 Å². The molecule has 1 aromatic heterocycles. The quantitative estimate of drug-likeness (QED) is 0.764. The molecule has 1 aliphatic heterocycles. The first-order chi connectivity index (χ1) is 10.9. The highest BCUT2D eigenvalue weighted by atomic mass is 32.1. The Balaban J connectivity index is 1.93. The van der Waals surface area contributed by atoms with Gasteiger partial charge in [-0.25, -0.2) is 4.98 Å². The molecule has 2 heterocycles. The molecule has 1 atom stereocenters. The van der Waals surface area contributed by atoms with Gasteiger partial charge in [0.2, 0.25) is 5.91 Å². The lowest BCUT2D eigenvalue weighted by atomic mass is 10.1. The van der Waals surface area contributed by atoms with E-state index in [0.29, 0.717) is 24.4 Å². The van der Waals surface area contributed by atoms with Crippen molar-refractivity contribution in [2.24, 2.45) is 5.73 Å². The fraction of sp³-hybridized carbons (Fsp3) is 0.667. The summed E-state index contributed by atoms with van der Waals surface area (Å²) in [6.07, 6.45) is 1.79. The van der Waals surface area contributed by atoms with Crippen molar-refractivity contribution in [1.82, 2.24) is 20.1 Å². The number of thiazole rings is 1. The van der Waals surface area contributed by atoms with Gasteiger partial charge >= 0.3 is 0 Å². The number of likely N-dealkylation sites (N-methyl/N-ethyl adjacent to an activating group) is 1. The molecule has 128 valence electrons. The maximum Gasteiger partial charge on any atom is 0.280 e. The molecule has 2 rings (SSSR count). The fourth-order valence-corrected chi connectivity index (χ4v) is 3.53. The summed E-state index contributed by atoms with van der Waals surface area (Å²) in [6, 6.07) is -0.213. The van der Waals surface area contributed by atoms with Gasteiger partial charge in [-0.05, 0) is 13.5 Å². The molecule has 8 heteroatoms. The van der Waals surface area contributed by atoms with Crippen LogP contribution in [0, 0.1) is 0 Å². The molecule has 0 fully saturated rings. The molecule has 0 aromatic carbocycles. The first-order valence-electron chi connectivity index (χ1n) is 7.79. The Kier molecular flexibility index (Phi) is 6.09. The van der Waals surface area contributed by atoms with Crippen molar-refractivity contribution in [3.8, 4) is 0 Å². The number of hydrogen-bond donors (Lipinski definition) is 2. The number of carbonyl (C=O) groups is 2. The van der Waals surface area contributed by atoms with Crippen LogP contribution in [-0.2, 0) is 17.8 Å². The third-order valence-electron chi connectivity index (χ3n) is 3.94. The second-order valence-corrected chi connectivity index (χ2v) is 7.19. The normalized spacial score (nSPS) is 15.8. The molecule has 23 heavy (non-hydrogen) atoms. The van der Waals surface area contributed by atoms with Crippen LogP contribution in [0.15, 0.2) is 0 Å². The average Bonchev–Trinajstić information content (AvgIpc) is 2.93. The van der Waals surface area contributed by atoms with Gasteiger partial charge in [0, 0.05) is 57.5 Å². The van der Waals surface area contributed by atoms with Gasteiger partial charge in [0.15, 0.2) is 5.01 Å². The summed E-state index contributed by atoms with van der Waals surface area (Å²) >= 11 is 1.45. The molecule has 0 spiro atoms. The Hall–Kier alpha value is -1.51. The van der Waals surface area contributed by atoms with Gasteiger partial charge in [-0.2, -0.15) is 0 Å². The van der Waals surface area contributed by atoms with E-state index in [1.54, 1.807) is 19.0 Å². The van der Waals surface area contributed by atoms with Crippen molar-refractivity contribution < 1.29 is 9.59 Å². The molecule has 1 aliphatic rings. The van der Waals surface area contributed by atoms with Gasteiger partial charge in [-0.15, -0.1) is 11.3 Å². The molecular weight excluding hydrogens is 314 g/mol. The lowest BCUT2D eigenvalue weighted by molar-refractivity contribution is -0.128. The monoisotopic (exact) mass is 339 g/mol. The molecule has 0 saturated carbocycles. The van der Waals surface area contributed by atoms with Crippen LogP contribution < -0.4 is 11.1 Å². The predicted molar refractivity (Wildman–Crippen MR) is 90.4 cm³/mol. The minimum Gasteiger partial charge on any atom is -0.349 e. The lowest BCUT2D eigenvalue weighted by Crippen LogP contribution is -2.41. The van der Waals surface area contributed by atoms with E-state index in [2.05, 4.69) is 22.2 Å². The van der Waals surface area contributed by atoms with Crippen molar-refractivity contribution in [1.29, 1.82) is 0 Å². The molecule has 1 aromatic rings. The second kappa shape index (κ2) is 7.85. The average molecular weight is 339 g/mol. The molecule has 0 unspecified atom stereocenters. The largest absolute Gasteiger partial charge is 0.349 e. The smallest absolute Gasteiger partial charge is 0.280 e. The third kappa shape index (κ3) is 4.73. The van der Waals surface area contributed by atoms with E-state index in [-0.39, 0.29) is 17.9 Å². The topological polar surface area (TPSA) is 91.6 Å². The zero-order valence-electron chi connectivity index (χ0n) is 14.0. The standard InChI is InChI=1S/C15H25N5O2S/c1-19(2)13(21)5-4-10(8-16)17-14(22)15-18-11-6-7-20(3)9-12(11)23-15/h10H,4-9,16H2,1-3H3,(H,17,22)/t10-/m1/s1. The third-order valence-corrected chi connectivity index (χ3v) is 5.02. The highest BCUT2D eigenvalue weighted by Crippen LogP contribution is 2.24. The summed E-state index contributed by atoms with van der Waals surface area (Å²) in [6.45, 7) is 2.12. The van der Waals surface area contributed by atoms with Crippen LogP contribution in [0.25, 0.3) is 0 Å². The summed E-state index contributed by atoms with van der Waals surface area (Å²) in [5.74, 6) is -0.162. The summed E-state index contributed by atoms with van der Waals surface area (Å²) in [5, 5.41) is 3.39. The Morgan fingerprint density at radius 3 is 2.87 bits per heavy atom. The van der Waals surface area contributed by atoms with Gasteiger partial charge in [-0.3, -0.25) is 9.59 Å². The number of nitrogens with two attached hydrogens (primary N) is 1. The fourth-order valence-electron chi connectivity index (χ4n) is 2.44. The van der Waals surface area contributed by atoms with Crippen LogP contribution in [0.3, 0.4) is 0 Å². The molecule has 7 nitrogen and oxygen atoms in total. The van der Waals surface area contributed by atoms with Gasteiger partial charge < -0.3 is 20.9 Å². The summed E-state index contributed by atoms with van der Waals surface area (Å²) < 4.78 is 0. The zero-order valence-corrected chi connectivity index (χ0v) is 14.8. The van der Waals surface area contributed by atoms with Crippen LogP contribution in [0.2, 0.25) is 0 Å². The first-order valence-corrected chi connectivity index (χ1v) is 8.60. The first kappa shape index (κ1) is 17.8.